The van der Waals surface area contributed by atoms with Crippen LogP contribution in [0.15, 0.2) is 0 Å². The molecule has 1 rings (SSSR count). The molecule has 0 saturated carbocycles. The highest BCUT2D eigenvalue weighted by Gasteiger charge is 2.25. The van der Waals surface area contributed by atoms with E-state index in [1.54, 1.807) is 4.90 Å². The first-order valence-electron chi connectivity index (χ1n) is 4.38. The minimum atomic E-state index is -0.0490. The van der Waals surface area contributed by atoms with Crippen LogP contribution in [0.1, 0.15) is 13.3 Å². The topological polar surface area (TPSA) is 75.4 Å². The third-order valence-corrected chi connectivity index (χ3v) is 2.12. The first-order valence-corrected chi connectivity index (χ1v) is 4.38. The van der Waals surface area contributed by atoms with Gasteiger partial charge in [-0.3, -0.25) is 9.59 Å². The highest BCUT2D eigenvalue weighted by Crippen LogP contribution is 2.08. The van der Waals surface area contributed by atoms with Gasteiger partial charge in [-0.2, -0.15) is 0 Å². The lowest BCUT2D eigenvalue weighted by atomic mass is 10.3. The van der Waals surface area contributed by atoms with Crippen LogP contribution in [0.2, 0.25) is 0 Å². The Morgan fingerprint density at radius 1 is 1.62 bits per heavy atom. The zero-order valence-corrected chi connectivity index (χ0v) is 7.75. The van der Waals surface area contributed by atoms with Crippen LogP contribution in [0.5, 0.6) is 0 Å². The lowest BCUT2D eigenvalue weighted by Crippen LogP contribution is -2.39. The van der Waals surface area contributed by atoms with Crippen LogP contribution >= 0.6 is 0 Å². The minimum absolute atomic E-state index is 0.0483. The minimum Gasteiger partial charge on any atom is -0.352 e. The zero-order valence-electron chi connectivity index (χ0n) is 7.75. The third-order valence-electron chi connectivity index (χ3n) is 2.12. The number of nitrogens with zero attached hydrogens (tertiary/aromatic N) is 1. The maximum atomic E-state index is 11.1. The van der Waals surface area contributed by atoms with E-state index in [2.05, 4.69) is 5.32 Å². The van der Waals surface area contributed by atoms with Gasteiger partial charge in [-0.15, -0.1) is 0 Å². The highest BCUT2D eigenvalue weighted by molar-refractivity contribution is 5.78. The molecule has 1 atom stereocenters. The van der Waals surface area contributed by atoms with Gasteiger partial charge in [0.05, 0.1) is 6.54 Å². The summed E-state index contributed by atoms with van der Waals surface area (Å²) in [5, 5.41) is 2.78. The molecule has 2 amide bonds. The van der Waals surface area contributed by atoms with Gasteiger partial charge < -0.3 is 16.0 Å². The smallest absolute Gasteiger partial charge is 0.236 e. The molecule has 5 heteroatoms. The fourth-order valence-corrected chi connectivity index (χ4v) is 1.52. The molecule has 0 radical (unpaired) electrons. The first-order chi connectivity index (χ1) is 6.13. The Morgan fingerprint density at radius 3 is 2.85 bits per heavy atom. The van der Waals surface area contributed by atoms with Gasteiger partial charge in [0, 0.05) is 26.1 Å². The summed E-state index contributed by atoms with van der Waals surface area (Å²) >= 11 is 0. The van der Waals surface area contributed by atoms with Crippen LogP contribution in [0.3, 0.4) is 0 Å². The van der Waals surface area contributed by atoms with Crippen molar-refractivity contribution in [2.75, 3.05) is 19.6 Å². The van der Waals surface area contributed by atoms with Crippen LogP contribution in [0.4, 0.5) is 0 Å². The van der Waals surface area contributed by atoms with Gasteiger partial charge >= 0.3 is 0 Å². The zero-order chi connectivity index (χ0) is 9.84. The van der Waals surface area contributed by atoms with E-state index in [9.17, 15) is 9.59 Å². The molecule has 0 unspecified atom stereocenters. The van der Waals surface area contributed by atoms with Crippen molar-refractivity contribution in [1.82, 2.24) is 10.2 Å². The number of likely N-dealkylation sites (tertiary alicyclic amines) is 1. The Hall–Kier alpha value is -1.10. The maximum Gasteiger partial charge on any atom is 0.236 e. The third kappa shape index (κ3) is 2.69. The lowest BCUT2D eigenvalue weighted by Gasteiger charge is -2.15. The summed E-state index contributed by atoms with van der Waals surface area (Å²) in [6, 6.07) is 0.105. The number of nitrogens with one attached hydrogen (secondary N) is 1. The molecule has 1 heterocycles. The summed E-state index contributed by atoms with van der Waals surface area (Å²) in [7, 11) is 0. The molecule has 1 saturated heterocycles. The quantitative estimate of drug-likeness (QED) is 0.560. The number of hydrogen-bond acceptors (Lipinski definition) is 3. The van der Waals surface area contributed by atoms with Gasteiger partial charge in [-0.1, -0.05) is 0 Å². The standard InChI is InChI=1S/C8H15N3O2/c1-6(12)10-7-2-3-11(5-7)8(13)4-9/h7H,2-5,9H2,1H3,(H,10,12)/t7-/m0/s1. The van der Waals surface area contributed by atoms with Gasteiger partial charge in [0.25, 0.3) is 0 Å². The van der Waals surface area contributed by atoms with Crippen molar-refractivity contribution in [3.63, 3.8) is 0 Å². The SMILES string of the molecule is CC(=O)N[C@H]1CCN(C(=O)CN)C1. The van der Waals surface area contributed by atoms with E-state index in [0.717, 1.165) is 6.42 Å². The number of hydrogen-bond donors (Lipinski definition) is 2. The molecule has 0 aliphatic carbocycles. The molecule has 74 valence electrons. The van der Waals surface area contributed by atoms with Crippen molar-refractivity contribution in [3.05, 3.63) is 0 Å². The molecule has 0 aromatic carbocycles. The Kier molecular flexibility index (Phi) is 3.25. The summed E-state index contributed by atoms with van der Waals surface area (Å²) in [4.78, 5) is 23.5. The molecule has 1 aliphatic heterocycles. The molecular formula is C8H15N3O2. The Bertz CT molecular complexity index is 217. The van der Waals surface area contributed by atoms with Crippen molar-refractivity contribution in [2.45, 2.75) is 19.4 Å². The maximum absolute atomic E-state index is 11.1. The van der Waals surface area contributed by atoms with Crippen molar-refractivity contribution in [2.24, 2.45) is 5.73 Å². The summed E-state index contributed by atoms with van der Waals surface area (Å²) in [6.07, 6.45) is 0.825. The normalized spacial score (nSPS) is 21.7. The van der Waals surface area contributed by atoms with Crippen LogP contribution in [-0.2, 0) is 9.59 Å². The van der Waals surface area contributed by atoms with E-state index in [1.807, 2.05) is 0 Å². The van der Waals surface area contributed by atoms with Crippen molar-refractivity contribution in [1.29, 1.82) is 0 Å². The van der Waals surface area contributed by atoms with E-state index < -0.39 is 0 Å². The van der Waals surface area contributed by atoms with Crippen LogP contribution in [0, 0.1) is 0 Å². The molecule has 0 spiro atoms. The van der Waals surface area contributed by atoms with E-state index in [0.29, 0.717) is 13.1 Å². The second kappa shape index (κ2) is 4.23. The molecule has 3 N–H and O–H groups in total. The predicted octanol–water partition coefficient (Wildman–Crippen LogP) is -1.32. The van der Waals surface area contributed by atoms with Crippen LogP contribution in [0.25, 0.3) is 0 Å². The summed E-state index contributed by atoms with van der Waals surface area (Å²) in [6.45, 7) is 2.82. The first kappa shape index (κ1) is 9.98. The second-order valence-corrected chi connectivity index (χ2v) is 3.23. The average molecular weight is 185 g/mol. The van der Waals surface area contributed by atoms with E-state index in [1.165, 1.54) is 6.92 Å². The fraction of sp³-hybridized carbons (Fsp3) is 0.750. The average Bonchev–Trinajstić information content (AvgIpc) is 2.50. The van der Waals surface area contributed by atoms with Crippen LogP contribution < -0.4 is 11.1 Å². The number of nitrogens with two attached hydrogens (primary N) is 1. The Balaban J connectivity index is 2.36. The largest absolute Gasteiger partial charge is 0.352 e. The van der Waals surface area contributed by atoms with Gasteiger partial charge in [0.15, 0.2) is 0 Å². The number of carbonyl (C=O) groups is 2. The molecule has 13 heavy (non-hydrogen) atoms. The molecule has 0 bridgehead atoms. The van der Waals surface area contributed by atoms with Crippen molar-refractivity contribution >= 4 is 11.8 Å². The fourth-order valence-electron chi connectivity index (χ4n) is 1.52. The van der Waals surface area contributed by atoms with Gasteiger partial charge in [-0.05, 0) is 6.42 Å². The molecule has 1 aliphatic rings. The van der Waals surface area contributed by atoms with Crippen molar-refractivity contribution in [3.8, 4) is 0 Å². The van der Waals surface area contributed by atoms with E-state index in [4.69, 9.17) is 5.73 Å². The monoisotopic (exact) mass is 185 g/mol. The lowest BCUT2D eigenvalue weighted by molar-refractivity contribution is -0.129. The highest BCUT2D eigenvalue weighted by atomic mass is 16.2. The second-order valence-electron chi connectivity index (χ2n) is 3.23. The molecule has 1 fully saturated rings. The number of amides is 2. The molecule has 0 aromatic rings. The Morgan fingerprint density at radius 2 is 2.31 bits per heavy atom. The summed E-state index contributed by atoms with van der Waals surface area (Å²) < 4.78 is 0. The number of rotatable bonds is 2. The summed E-state index contributed by atoms with van der Waals surface area (Å²) in [5.74, 6) is -0.0973. The molecule has 0 aromatic heterocycles. The Labute approximate surface area is 77.3 Å². The van der Waals surface area contributed by atoms with Gasteiger partial charge in [0.1, 0.15) is 0 Å². The van der Waals surface area contributed by atoms with E-state index >= 15 is 0 Å². The number of carbonyl (C=O) groups excluding carboxylic acids is 2. The van der Waals surface area contributed by atoms with Gasteiger partial charge in [0.2, 0.25) is 11.8 Å². The van der Waals surface area contributed by atoms with Gasteiger partial charge in [-0.25, -0.2) is 0 Å². The predicted molar refractivity (Wildman–Crippen MR) is 47.9 cm³/mol. The van der Waals surface area contributed by atoms with Crippen molar-refractivity contribution < 1.29 is 9.59 Å². The molecular weight excluding hydrogens is 170 g/mol. The molecule has 5 nitrogen and oxygen atoms in total. The van der Waals surface area contributed by atoms with E-state index in [-0.39, 0.29) is 24.4 Å². The van der Waals surface area contributed by atoms with Crippen LogP contribution in [-0.4, -0.2) is 42.4 Å². The summed E-state index contributed by atoms with van der Waals surface area (Å²) in [5.41, 5.74) is 5.22.